The summed E-state index contributed by atoms with van der Waals surface area (Å²) in [5.41, 5.74) is 0.000171. The first-order valence-corrected chi connectivity index (χ1v) is 6.77. The maximum absolute atomic E-state index is 10.9. The molecule has 0 spiro atoms. The molecule has 98 valence electrons. The first-order valence-electron chi connectivity index (χ1n) is 5.97. The zero-order valence-corrected chi connectivity index (χ0v) is 11.5. The van der Waals surface area contributed by atoms with Crippen LogP contribution in [0.3, 0.4) is 0 Å². The number of rotatable bonds is 4. The van der Waals surface area contributed by atoms with Gasteiger partial charge >= 0.3 is 5.69 Å². The molecule has 1 aliphatic rings. The highest BCUT2D eigenvalue weighted by Crippen LogP contribution is 2.34. The number of para-hydroxylation sites is 1. The molecule has 1 aliphatic heterocycles. The average molecular weight is 315 g/mol. The summed E-state index contributed by atoms with van der Waals surface area (Å²) >= 11 is 3.29. The number of nitrogens with zero attached hydrogens (tertiary/aromatic N) is 1. The molecular formula is C12H15BrN2O3. The third kappa shape index (κ3) is 3.20. The highest BCUT2D eigenvalue weighted by atomic mass is 79.9. The van der Waals surface area contributed by atoms with Gasteiger partial charge < -0.3 is 10.1 Å². The fourth-order valence-electron chi connectivity index (χ4n) is 2.03. The first kappa shape index (κ1) is 13.3. The molecule has 0 radical (unpaired) electrons. The fourth-order valence-corrected chi connectivity index (χ4v) is 2.50. The van der Waals surface area contributed by atoms with Crippen molar-refractivity contribution in [1.29, 1.82) is 0 Å². The maximum atomic E-state index is 10.9. The summed E-state index contributed by atoms with van der Waals surface area (Å²) in [5, 5.41) is 14.3. The van der Waals surface area contributed by atoms with Gasteiger partial charge in [0.15, 0.2) is 0 Å². The molecule has 1 N–H and O–H groups in total. The number of benzene rings is 1. The predicted molar refractivity (Wildman–Crippen MR) is 71.9 cm³/mol. The van der Waals surface area contributed by atoms with E-state index < -0.39 is 4.92 Å². The van der Waals surface area contributed by atoms with E-state index in [0.29, 0.717) is 16.8 Å². The Morgan fingerprint density at radius 3 is 3.00 bits per heavy atom. The molecule has 1 saturated heterocycles. The molecule has 0 amide bonds. The summed E-state index contributed by atoms with van der Waals surface area (Å²) in [6, 6.07) is 5.12. The first-order chi connectivity index (χ1) is 8.68. The van der Waals surface area contributed by atoms with Crippen molar-refractivity contribution in [2.75, 3.05) is 13.2 Å². The minimum Gasteiger partial charge on any atom is -0.484 e. The van der Waals surface area contributed by atoms with Gasteiger partial charge in [-0.2, -0.15) is 0 Å². The molecule has 1 aromatic carbocycles. The molecule has 1 unspecified atom stereocenters. The molecule has 0 aromatic heterocycles. The minimum absolute atomic E-state index is 0.000171. The van der Waals surface area contributed by atoms with Crippen molar-refractivity contribution in [2.45, 2.75) is 25.3 Å². The molecule has 18 heavy (non-hydrogen) atoms. The number of piperidine rings is 1. The second kappa shape index (κ2) is 6.15. The Hall–Kier alpha value is -1.14. The standard InChI is InChI=1S/C12H15BrN2O3/c13-10-5-3-6-11(15(16)17)12(10)18-8-9-4-1-2-7-14-9/h3,5-6,9,14H,1-2,4,7-8H2. The number of hydrogen-bond donors (Lipinski definition) is 1. The molecule has 0 aliphatic carbocycles. The van der Waals surface area contributed by atoms with E-state index in [9.17, 15) is 10.1 Å². The van der Waals surface area contributed by atoms with Gasteiger partial charge in [0.1, 0.15) is 6.61 Å². The third-order valence-corrected chi connectivity index (χ3v) is 3.61. The van der Waals surface area contributed by atoms with Crippen LogP contribution in [0.25, 0.3) is 0 Å². The lowest BCUT2D eigenvalue weighted by Crippen LogP contribution is -2.38. The molecule has 1 fully saturated rings. The van der Waals surface area contributed by atoms with Crippen molar-refractivity contribution in [3.8, 4) is 5.75 Å². The Bertz CT molecular complexity index is 433. The summed E-state index contributed by atoms with van der Waals surface area (Å²) in [5.74, 6) is 0.315. The molecule has 1 aromatic rings. The summed E-state index contributed by atoms with van der Waals surface area (Å²) in [6.07, 6.45) is 3.42. The second-order valence-corrected chi connectivity index (χ2v) is 5.16. The van der Waals surface area contributed by atoms with Gasteiger partial charge in [-0.05, 0) is 41.4 Å². The Morgan fingerprint density at radius 2 is 2.33 bits per heavy atom. The van der Waals surface area contributed by atoms with Crippen LogP contribution in [-0.2, 0) is 0 Å². The summed E-state index contributed by atoms with van der Waals surface area (Å²) in [6.45, 7) is 1.45. The van der Waals surface area contributed by atoms with E-state index in [0.717, 1.165) is 13.0 Å². The van der Waals surface area contributed by atoms with Crippen LogP contribution >= 0.6 is 15.9 Å². The molecule has 6 heteroatoms. The topological polar surface area (TPSA) is 64.4 Å². The van der Waals surface area contributed by atoms with Crippen LogP contribution in [0.5, 0.6) is 5.75 Å². The quantitative estimate of drug-likeness (QED) is 0.685. The van der Waals surface area contributed by atoms with E-state index in [2.05, 4.69) is 21.2 Å². The highest BCUT2D eigenvalue weighted by molar-refractivity contribution is 9.10. The Kier molecular flexibility index (Phi) is 4.54. The van der Waals surface area contributed by atoms with Crippen LogP contribution in [-0.4, -0.2) is 24.1 Å². The van der Waals surface area contributed by atoms with E-state index >= 15 is 0 Å². The van der Waals surface area contributed by atoms with Crippen LogP contribution in [0.4, 0.5) is 5.69 Å². The van der Waals surface area contributed by atoms with Gasteiger partial charge in [-0.15, -0.1) is 0 Å². The van der Waals surface area contributed by atoms with Crippen molar-refractivity contribution >= 4 is 21.6 Å². The largest absolute Gasteiger partial charge is 0.484 e. The number of hydrogen-bond acceptors (Lipinski definition) is 4. The van der Waals surface area contributed by atoms with Crippen molar-refractivity contribution in [3.63, 3.8) is 0 Å². The SMILES string of the molecule is O=[N+]([O-])c1cccc(Br)c1OCC1CCCCN1. The third-order valence-electron chi connectivity index (χ3n) is 2.98. The molecule has 1 atom stereocenters. The zero-order chi connectivity index (χ0) is 13.0. The smallest absolute Gasteiger partial charge is 0.312 e. The number of nitro benzene ring substituents is 1. The molecule has 2 rings (SSSR count). The normalized spacial score (nSPS) is 19.5. The van der Waals surface area contributed by atoms with Gasteiger partial charge in [0.25, 0.3) is 0 Å². The average Bonchev–Trinajstić information content (AvgIpc) is 2.38. The monoisotopic (exact) mass is 314 g/mol. The van der Waals surface area contributed by atoms with Crippen LogP contribution < -0.4 is 10.1 Å². The predicted octanol–water partition coefficient (Wildman–Crippen LogP) is 2.88. The zero-order valence-electron chi connectivity index (χ0n) is 9.89. The van der Waals surface area contributed by atoms with Crippen LogP contribution in [0.2, 0.25) is 0 Å². The molecule has 5 nitrogen and oxygen atoms in total. The van der Waals surface area contributed by atoms with Gasteiger partial charge in [-0.1, -0.05) is 12.5 Å². The molecule has 1 heterocycles. The number of nitrogens with one attached hydrogen (secondary N) is 1. The van der Waals surface area contributed by atoms with Gasteiger partial charge in [-0.3, -0.25) is 10.1 Å². The summed E-state index contributed by atoms with van der Waals surface area (Å²) < 4.78 is 6.24. The number of halogens is 1. The Morgan fingerprint density at radius 1 is 1.50 bits per heavy atom. The Balaban J connectivity index is 2.05. The van der Waals surface area contributed by atoms with Gasteiger partial charge in [-0.25, -0.2) is 0 Å². The van der Waals surface area contributed by atoms with E-state index in [1.807, 2.05) is 0 Å². The van der Waals surface area contributed by atoms with Gasteiger partial charge in [0.2, 0.25) is 5.75 Å². The van der Waals surface area contributed by atoms with Crippen molar-refractivity contribution in [1.82, 2.24) is 5.32 Å². The van der Waals surface area contributed by atoms with Crippen LogP contribution in [0, 0.1) is 10.1 Å². The summed E-state index contributed by atoms with van der Waals surface area (Å²) in [4.78, 5) is 10.5. The highest BCUT2D eigenvalue weighted by Gasteiger charge is 2.20. The van der Waals surface area contributed by atoms with Crippen LogP contribution in [0.1, 0.15) is 19.3 Å². The Labute approximate surface area is 114 Å². The summed E-state index contributed by atoms with van der Waals surface area (Å²) in [7, 11) is 0. The van der Waals surface area contributed by atoms with Gasteiger partial charge in [0.05, 0.1) is 9.40 Å². The number of ether oxygens (including phenoxy) is 1. The minimum atomic E-state index is -0.422. The van der Waals surface area contributed by atoms with E-state index in [-0.39, 0.29) is 11.7 Å². The molecule has 0 bridgehead atoms. The lowest BCUT2D eigenvalue weighted by molar-refractivity contribution is -0.386. The second-order valence-electron chi connectivity index (χ2n) is 4.30. The van der Waals surface area contributed by atoms with Crippen molar-refractivity contribution < 1.29 is 9.66 Å². The fraction of sp³-hybridized carbons (Fsp3) is 0.500. The molecular weight excluding hydrogens is 300 g/mol. The van der Waals surface area contributed by atoms with Crippen molar-refractivity contribution in [2.24, 2.45) is 0 Å². The van der Waals surface area contributed by atoms with Gasteiger partial charge in [0, 0.05) is 12.1 Å². The van der Waals surface area contributed by atoms with E-state index in [1.165, 1.54) is 18.9 Å². The number of nitro groups is 1. The van der Waals surface area contributed by atoms with Crippen LogP contribution in [0.15, 0.2) is 22.7 Å². The van der Waals surface area contributed by atoms with E-state index in [1.54, 1.807) is 12.1 Å². The van der Waals surface area contributed by atoms with Crippen molar-refractivity contribution in [3.05, 3.63) is 32.8 Å². The lowest BCUT2D eigenvalue weighted by Gasteiger charge is -2.23. The van der Waals surface area contributed by atoms with E-state index in [4.69, 9.17) is 4.74 Å². The lowest BCUT2D eigenvalue weighted by atomic mass is 10.1. The molecule has 0 saturated carbocycles. The maximum Gasteiger partial charge on any atom is 0.312 e.